The molecule has 0 saturated carbocycles. The third-order valence-corrected chi connectivity index (χ3v) is 4.25. The lowest BCUT2D eigenvalue weighted by atomic mass is 10.1. The van der Waals surface area contributed by atoms with E-state index in [1.54, 1.807) is 12.1 Å². The number of anilines is 2. The topological polar surface area (TPSA) is 86.9 Å². The summed E-state index contributed by atoms with van der Waals surface area (Å²) < 4.78 is 0. The van der Waals surface area contributed by atoms with Crippen molar-refractivity contribution in [2.45, 2.75) is 6.92 Å². The van der Waals surface area contributed by atoms with Crippen molar-refractivity contribution in [2.75, 3.05) is 10.6 Å². The van der Waals surface area contributed by atoms with Gasteiger partial charge in [-0.2, -0.15) is 0 Å². The predicted molar refractivity (Wildman–Crippen MR) is 110 cm³/mol. The molecule has 0 aliphatic carbocycles. The van der Waals surface area contributed by atoms with Crippen LogP contribution < -0.4 is 10.6 Å². The van der Waals surface area contributed by atoms with Gasteiger partial charge >= 0.3 is 0 Å². The minimum Gasteiger partial charge on any atom is -0.338 e. The number of nitrogens with one attached hydrogen (secondary N) is 3. The largest absolute Gasteiger partial charge is 0.338 e. The molecule has 3 N–H and O–H groups in total. The van der Waals surface area contributed by atoms with Crippen LogP contribution in [0.3, 0.4) is 0 Å². The monoisotopic (exact) mass is 370 g/mol. The number of imidazole rings is 1. The van der Waals surface area contributed by atoms with Gasteiger partial charge in [-0.1, -0.05) is 18.2 Å². The van der Waals surface area contributed by atoms with Crippen LogP contribution in [0.4, 0.5) is 11.4 Å². The van der Waals surface area contributed by atoms with Gasteiger partial charge in [-0.15, -0.1) is 0 Å². The summed E-state index contributed by atoms with van der Waals surface area (Å²) in [5.74, 6) is 0.450. The molecule has 2 amide bonds. The highest BCUT2D eigenvalue weighted by Crippen LogP contribution is 2.24. The van der Waals surface area contributed by atoms with Crippen LogP contribution in [0.15, 0.2) is 72.8 Å². The highest BCUT2D eigenvalue weighted by atomic mass is 16.2. The fourth-order valence-corrected chi connectivity index (χ4v) is 2.93. The summed E-state index contributed by atoms with van der Waals surface area (Å²) in [7, 11) is 0. The Morgan fingerprint density at radius 3 is 2.29 bits per heavy atom. The van der Waals surface area contributed by atoms with E-state index in [1.165, 1.54) is 6.92 Å². The summed E-state index contributed by atoms with van der Waals surface area (Å²) in [6.45, 7) is 1.47. The Kier molecular flexibility index (Phi) is 4.60. The lowest BCUT2D eigenvalue weighted by molar-refractivity contribution is -0.114. The maximum Gasteiger partial charge on any atom is 0.255 e. The van der Waals surface area contributed by atoms with Crippen molar-refractivity contribution in [1.29, 1.82) is 0 Å². The average molecular weight is 370 g/mol. The lowest BCUT2D eigenvalue weighted by Gasteiger charge is -2.06. The Morgan fingerprint density at radius 2 is 1.57 bits per heavy atom. The van der Waals surface area contributed by atoms with Gasteiger partial charge in [0.15, 0.2) is 0 Å². The molecular weight excluding hydrogens is 352 g/mol. The van der Waals surface area contributed by atoms with Gasteiger partial charge in [0.1, 0.15) is 5.82 Å². The molecule has 0 saturated heterocycles. The number of nitrogens with zero attached hydrogens (tertiary/aromatic N) is 1. The molecule has 6 heteroatoms. The predicted octanol–water partition coefficient (Wildman–Crippen LogP) is 4.44. The van der Waals surface area contributed by atoms with Crippen molar-refractivity contribution >= 4 is 34.2 Å². The molecular formula is C22H18N4O2. The number of hydrogen-bond acceptors (Lipinski definition) is 3. The Bertz CT molecular complexity index is 1150. The number of H-pyrrole nitrogens is 1. The first-order valence-electron chi connectivity index (χ1n) is 8.83. The zero-order valence-corrected chi connectivity index (χ0v) is 15.2. The van der Waals surface area contributed by atoms with Crippen molar-refractivity contribution in [2.24, 2.45) is 0 Å². The van der Waals surface area contributed by atoms with Crippen LogP contribution >= 0.6 is 0 Å². The smallest absolute Gasteiger partial charge is 0.255 e. The minimum atomic E-state index is -0.150. The molecule has 4 aromatic rings. The summed E-state index contributed by atoms with van der Waals surface area (Å²) in [6, 6.07) is 22.1. The number of benzene rings is 3. The van der Waals surface area contributed by atoms with E-state index in [1.807, 2.05) is 60.7 Å². The molecule has 0 aliphatic rings. The van der Waals surface area contributed by atoms with Gasteiger partial charge in [0, 0.05) is 29.4 Å². The molecule has 0 unspecified atom stereocenters. The van der Waals surface area contributed by atoms with Gasteiger partial charge in [0.05, 0.1) is 11.0 Å². The molecule has 0 bridgehead atoms. The van der Waals surface area contributed by atoms with E-state index in [-0.39, 0.29) is 11.8 Å². The first-order valence-corrected chi connectivity index (χ1v) is 8.83. The van der Waals surface area contributed by atoms with Crippen LogP contribution in [0, 0.1) is 0 Å². The SMILES string of the molecule is CC(=O)Nc1ccc2nc(-c3ccc(NC(=O)c4ccccc4)cc3)[nH]c2c1. The van der Waals surface area contributed by atoms with Crippen molar-refractivity contribution in [1.82, 2.24) is 9.97 Å². The van der Waals surface area contributed by atoms with E-state index in [0.29, 0.717) is 16.9 Å². The Balaban J connectivity index is 1.53. The second kappa shape index (κ2) is 7.36. The summed E-state index contributed by atoms with van der Waals surface area (Å²) in [4.78, 5) is 31.3. The second-order valence-electron chi connectivity index (χ2n) is 6.40. The number of rotatable bonds is 4. The summed E-state index contributed by atoms with van der Waals surface area (Å²) in [6.07, 6.45) is 0. The number of carbonyl (C=O) groups excluding carboxylic acids is 2. The quantitative estimate of drug-likeness (QED) is 0.496. The Morgan fingerprint density at radius 1 is 0.857 bits per heavy atom. The second-order valence-corrected chi connectivity index (χ2v) is 6.40. The number of hydrogen-bond donors (Lipinski definition) is 3. The number of fused-ring (bicyclic) bond motifs is 1. The van der Waals surface area contributed by atoms with Crippen molar-refractivity contribution in [3.05, 3.63) is 78.4 Å². The Labute approximate surface area is 161 Å². The van der Waals surface area contributed by atoms with Gasteiger partial charge in [-0.05, 0) is 54.6 Å². The molecule has 4 rings (SSSR count). The van der Waals surface area contributed by atoms with Crippen LogP contribution in [0.1, 0.15) is 17.3 Å². The highest BCUT2D eigenvalue weighted by Gasteiger charge is 2.08. The van der Waals surface area contributed by atoms with E-state index in [4.69, 9.17) is 0 Å². The van der Waals surface area contributed by atoms with Crippen LogP contribution in [-0.4, -0.2) is 21.8 Å². The molecule has 0 atom stereocenters. The third-order valence-electron chi connectivity index (χ3n) is 4.25. The van der Waals surface area contributed by atoms with Crippen LogP contribution in [0.25, 0.3) is 22.4 Å². The molecule has 0 spiro atoms. The first kappa shape index (κ1) is 17.5. The first-order chi connectivity index (χ1) is 13.6. The molecule has 3 aromatic carbocycles. The van der Waals surface area contributed by atoms with Crippen LogP contribution in [-0.2, 0) is 4.79 Å². The lowest BCUT2D eigenvalue weighted by Crippen LogP contribution is -2.11. The number of aromatic amines is 1. The molecule has 1 heterocycles. The number of amides is 2. The summed E-state index contributed by atoms with van der Waals surface area (Å²) in [5.41, 5.74) is 4.58. The molecule has 1 aromatic heterocycles. The van der Waals surface area contributed by atoms with Gasteiger partial charge in [-0.25, -0.2) is 4.98 Å². The number of aromatic nitrogens is 2. The molecule has 0 radical (unpaired) electrons. The van der Waals surface area contributed by atoms with E-state index < -0.39 is 0 Å². The van der Waals surface area contributed by atoms with E-state index >= 15 is 0 Å². The zero-order chi connectivity index (χ0) is 19.5. The summed E-state index contributed by atoms with van der Waals surface area (Å²) in [5, 5.41) is 5.64. The molecule has 138 valence electrons. The average Bonchev–Trinajstić information content (AvgIpc) is 3.12. The summed E-state index contributed by atoms with van der Waals surface area (Å²) >= 11 is 0. The van der Waals surface area contributed by atoms with Gasteiger partial charge in [-0.3, -0.25) is 9.59 Å². The molecule has 0 fully saturated rings. The van der Waals surface area contributed by atoms with Crippen molar-refractivity contribution < 1.29 is 9.59 Å². The van der Waals surface area contributed by atoms with Gasteiger partial charge in [0.25, 0.3) is 5.91 Å². The number of carbonyl (C=O) groups is 2. The normalized spacial score (nSPS) is 10.6. The van der Waals surface area contributed by atoms with Gasteiger partial charge in [0.2, 0.25) is 5.91 Å². The molecule has 0 aliphatic heterocycles. The van der Waals surface area contributed by atoms with Crippen LogP contribution in [0.2, 0.25) is 0 Å². The molecule has 28 heavy (non-hydrogen) atoms. The highest BCUT2D eigenvalue weighted by molar-refractivity contribution is 6.04. The van der Waals surface area contributed by atoms with Crippen molar-refractivity contribution in [3.8, 4) is 11.4 Å². The minimum absolute atomic E-state index is 0.118. The third kappa shape index (κ3) is 3.76. The fourth-order valence-electron chi connectivity index (χ4n) is 2.93. The van der Waals surface area contributed by atoms with Gasteiger partial charge < -0.3 is 15.6 Å². The maximum absolute atomic E-state index is 12.2. The zero-order valence-electron chi connectivity index (χ0n) is 15.2. The van der Waals surface area contributed by atoms with Crippen molar-refractivity contribution in [3.63, 3.8) is 0 Å². The standard InChI is InChI=1S/C22H18N4O2/c1-14(27)23-18-11-12-19-20(13-18)26-21(25-19)15-7-9-17(10-8-15)24-22(28)16-5-3-2-4-6-16/h2-13H,1H3,(H,23,27)(H,24,28)(H,25,26). The molecule has 6 nitrogen and oxygen atoms in total. The fraction of sp³-hybridized carbons (Fsp3) is 0.0455. The van der Waals surface area contributed by atoms with E-state index in [2.05, 4.69) is 20.6 Å². The maximum atomic E-state index is 12.2. The Hall–Kier alpha value is -3.93. The van der Waals surface area contributed by atoms with E-state index in [9.17, 15) is 9.59 Å². The van der Waals surface area contributed by atoms with E-state index in [0.717, 1.165) is 22.4 Å². The van der Waals surface area contributed by atoms with Crippen LogP contribution in [0.5, 0.6) is 0 Å².